The lowest BCUT2D eigenvalue weighted by atomic mass is 10.1. The number of fused-ring (bicyclic) bond motifs is 1. The quantitative estimate of drug-likeness (QED) is 0.192. The van der Waals surface area contributed by atoms with Crippen molar-refractivity contribution in [2.75, 3.05) is 17.7 Å². The molecule has 0 radical (unpaired) electrons. The Bertz CT molecular complexity index is 1680. The number of aromatic nitrogens is 4. The van der Waals surface area contributed by atoms with E-state index in [0.29, 0.717) is 28.2 Å². The van der Waals surface area contributed by atoms with Crippen molar-refractivity contribution in [1.29, 1.82) is 0 Å². The number of aliphatic hydroxyl groups excluding tert-OH is 2. The Morgan fingerprint density at radius 2 is 1.83 bits per heavy atom. The zero-order valence-corrected chi connectivity index (χ0v) is 23.5. The first-order valence-corrected chi connectivity index (χ1v) is 14.3. The molecule has 42 heavy (non-hydrogen) atoms. The van der Waals surface area contributed by atoms with Crippen LogP contribution >= 0.6 is 11.3 Å². The van der Waals surface area contributed by atoms with Gasteiger partial charge in [-0.05, 0) is 38.3 Å². The molecule has 2 aliphatic carbocycles. The van der Waals surface area contributed by atoms with Gasteiger partial charge in [-0.1, -0.05) is 0 Å². The summed E-state index contributed by atoms with van der Waals surface area (Å²) < 4.78 is 42.3. The minimum atomic E-state index is -1.29. The van der Waals surface area contributed by atoms with Crippen molar-refractivity contribution < 1.29 is 28.2 Å². The monoisotopic (exact) mass is 599 g/mol. The van der Waals surface area contributed by atoms with E-state index in [9.17, 15) is 28.2 Å². The van der Waals surface area contributed by atoms with Crippen molar-refractivity contribution in [3.63, 3.8) is 0 Å². The third-order valence-corrected chi connectivity index (χ3v) is 8.76. The summed E-state index contributed by atoms with van der Waals surface area (Å²) in [7, 11) is 1.46. The lowest BCUT2D eigenvalue weighted by Crippen LogP contribution is -2.38. The molecule has 4 atom stereocenters. The topological polar surface area (TPSA) is 145 Å². The number of thiazole rings is 1. The molecule has 10 nitrogen and oxygen atoms in total. The van der Waals surface area contributed by atoms with E-state index < -0.39 is 47.5 Å². The molecule has 0 bridgehead atoms. The summed E-state index contributed by atoms with van der Waals surface area (Å²) in [5.74, 6) is -3.93. The van der Waals surface area contributed by atoms with Gasteiger partial charge in [0, 0.05) is 37.3 Å². The number of nitrogens with zero attached hydrogens (tertiary/aromatic N) is 4. The Morgan fingerprint density at radius 1 is 1.07 bits per heavy atom. The molecule has 5 N–H and O–H groups in total. The molecule has 3 heterocycles. The highest BCUT2D eigenvalue weighted by molar-refractivity contribution is 7.21. The normalized spacial score (nSPS) is 22.0. The molecule has 220 valence electrons. The van der Waals surface area contributed by atoms with Crippen LogP contribution in [0.4, 0.5) is 24.9 Å². The summed E-state index contributed by atoms with van der Waals surface area (Å²) in [6.45, 7) is 1.51. The molecule has 6 rings (SSSR count). The first-order chi connectivity index (χ1) is 20.1. The molecule has 1 amide bonds. The molecule has 2 saturated carbocycles. The third-order valence-electron chi connectivity index (χ3n) is 7.72. The fourth-order valence-corrected chi connectivity index (χ4v) is 6.39. The average Bonchev–Trinajstić information content (AvgIpc) is 3.66. The predicted octanol–water partition coefficient (Wildman–Crippen LogP) is 3.63. The van der Waals surface area contributed by atoms with Crippen LogP contribution in [0.5, 0.6) is 0 Å². The number of halogens is 3. The molecule has 0 aliphatic heterocycles. The fourth-order valence-electron chi connectivity index (χ4n) is 5.32. The maximum absolute atomic E-state index is 14.3. The highest BCUT2D eigenvalue weighted by Crippen LogP contribution is 2.44. The van der Waals surface area contributed by atoms with Crippen LogP contribution in [0, 0.1) is 30.3 Å². The number of benzene rings is 1. The van der Waals surface area contributed by atoms with Crippen molar-refractivity contribution in [2.45, 2.75) is 56.9 Å². The second-order valence-corrected chi connectivity index (χ2v) is 11.6. The van der Waals surface area contributed by atoms with Crippen LogP contribution in [0.15, 0.2) is 24.4 Å². The van der Waals surface area contributed by atoms with Crippen LogP contribution in [-0.4, -0.2) is 61.4 Å². The van der Waals surface area contributed by atoms with Crippen molar-refractivity contribution in [1.82, 2.24) is 25.3 Å². The highest BCUT2D eigenvalue weighted by atomic mass is 32.1. The minimum Gasteiger partial charge on any atom is -0.390 e. The number of hydrogen-bond acceptors (Lipinski definition) is 10. The van der Waals surface area contributed by atoms with E-state index in [-0.39, 0.29) is 30.3 Å². The Morgan fingerprint density at radius 3 is 2.57 bits per heavy atom. The Kier molecular flexibility index (Phi) is 7.45. The number of hydrogen-bond donors (Lipinski definition) is 5. The zero-order chi connectivity index (χ0) is 29.7. The van der Waals surface area contributed by atoms with Gasteiger partial charge in [0.2, 0.25) is 11.9 Å². The second kappa shape index (κ2) is 11.1. The standard InChI is InChI=1S/C28H28F3N7O3S/c1-11-20(27-37-22-19(42-27)5-6-33-21(22)12-3-4-12)25(36-18-8-14(26(41)32-2)23(39)24(18)40)38-28(35-11)34-10-13-7-16(30)17(31)9-15(13)29/h5-7,9,12,14,18,23-24,39-40H,3-4,8,10H2,1-2H3,(H,32,41)(H2,34,35,36,38). The molecule has 1 aromatic carbocycles. The lowest BCUT2D eigenvalue weighted by Gasteiger charge is -2.21. The lowest BCUT2D eigenvalue weighted by molar-refractivity contribution is -0.128. The van der Waals surface area contributed by atoms with Crippen molar-refractivity contribution in [2.24, 2.45) is 5.92 Å². The molecule has 14 heteroatoms. The Hall–Kier alpha value is -3.88. The summed E-state index contributed by atoms with van der Waals surface area (Å²) in [6, 6.07) is 2.38. The van der Waals surface area contributed by atoms with E-state index in [2.05, 4.69) is 30.9 Å². The van der Waals surface area contributed by atoms with E-state index >= 15 is 0 Å². The van der Waals surface area contributed by atoms with Gasteiger partial charge < -0.3 is 26.2 Å². The van der Waals surface area contributed by atoms with Gasteiger partial charge in [-0.2, -0.15) is 4.98 Å². The number of rotatable bonds is 8. The molecule has 4 aromatic rings. The van der Waals surface area contributed by atoms with Crippen LogP contribution in [0.3, 0.4) is 0 Å². The predicted molar refractivity (Wildman–Crippen MR) is 150 cm³/mol. The van der Waals surface area contributed by atoms with Gasteiger partial charge in [-0.15, -0.1) is 11.3 Å². The zero-order valence-electron chi connectivity index (χ0n) is 22.7. The smallest absolute Gasteiger partial charge is 0.225 e. The third kappa shape index (κ3) is 5.25. The SMILES string of the molecule is CNC(=O)C1CC(Nc2nc(NCc3cc(F)c(F)cc3F)nc(C)c2-c2nc3c(C4CC4)nccc3s2)C(O)C1O. The van der Waals surface area contributed by atoms with E-state index in [0.717, 1.165) is 34.8 Å². The summed E-state index contributed by atoms with van der Waals surface area (Å²) >= 11 is 1.43. The van der Waals surface area contributed by atoms with Crippen LogP contribution < -0.4 is 16.0 Å². The van der Waals surface area contributed by atoms with Crippen molar-refractivity contribution in [3.8, 4) is 10.6 Å². The van der Waals surface area contributed by atoms with Gasteiger partial charge in [0.25, 0.3) is 0 Å². The summed E-state index contributed by atoms with van der Waals surface area (Å²) in [5, 5.41) is 30.5. The van der Waals surface area contributed by atoms with E-state index in [1.807, 2.05) is 6.07 Å². The fraction of sp³-hybridized carbons (Fsp3) is 0.393. The molecule has 2 fully saturated rings. The molecule has 3 aromatic heterocycles. The Labute approximate surface area is 242 Å². The summed E-state index contributed by atoms with van der Waals surface area (Å²) in [4.78, 5) is 30.9. The number of amides is 1. The summed E-state index contributed by atoms with van der Waals surface area (Å²) in [5.41, 5.74) is 2.67. The number of anilines is 2. The molecule has 0 spiro atoms. The minimum absolute atomic E-state index is 0.0558. The summed E-state index contributed by atoms with van der Waals surface area (Å²) in [6.07, 6.45) is 1.44. The van der Waals surface area contributed by atoms with E-state index in [1.165, 1.54) is 18.4 Å². The number of carbonyl (C=O) groups excluding carboxylic acids is 1. The van der Waals surface area contributed by atoms with Crippen LogP contribution in [0.2, 0.25) is 0 Å². The van der Waals surface area contributed by atoms with E-state index in [1.54, 1.807) is 13.1 Å². The number of aliphatic hydroxyl groups is 2. The maximum atomic E-state index is 14.3. The van der Waals surface area contributed by atoms with Gasteiger partial charge in [-0.3, -0.25) is 9.78 Å². The van der Waals surface area contributed by atoms with Gasteiger partial charge in [-0.25, -0.2) is 23.1 Å². The highest BCUT2D eigenvalue weighted by Gasteiger charge is 2.45. The average molecular weight is 600 g/mol. The number of pyridine rings is 1. The number of aryl methyl sites for hydroxylation is 1. The van der Waals surface area contributed by atoms with E-state index in [4.69, 9.17) is 4.98 Å². The van der Waals surface area contributed by atoms with Gasteiger partial charge in [0.05, 0.1) is 39.7 Å². The van der Waals surface area contributed by atoms with Gasteiger partial charge in [0.15, 0.2) is 11.6 Å². The van der Waals surface area contributed by atoms with Crippen molar-refractivity contribution in [3.05, 3.63) is 58.8 Å². The van der Waals surface area contributed by atoms with Gasteiger partial charge >= 0.3 is 0 Å². The Balaban J connectivity index is 1.38. The van der Waals surface area contributed by atoms with Crippen molar-refractivity contribution >= 4 is 39.2 Å². The van der Waals surface area contributed by atoms with Crippen LogP contribution in [0.1, 0.15) is 42.1 Å². The van der Waals surface area contributed by atoms with Crippen LogP contribution in [-0.2, 0) is 11.3 Å². The molecular weight excluding hydrogens is 571 g/mol. The number of carbonyl (C=O) groups is 1. The second-order valence-electron chi connectivity index (χ2n) is 10.6. The molecule has 2 aliphatic rings. The molecular formula is C28H28F3N7O3S. The first kappa shape index (κ1) is 28.2. The van der Waals surface area contributed by atoms with Crippen LogP contribution in [0.25, 0.3) is 20.8 Å². The maximum Gasteiger partial charge on any atom is 0.225 e. The largest absolute Gasteiger partial charge is 0.390 e. The number of nitrogens with one attached hydrogen (secondary N) is 3. The molecule has 0 saturated heterocycles. The molecule has 4 unspecified atom stereocenters. The van der Waals surface area contributed by atoms with Gasteiger partial charge in [0.1, 0.15) is 28.3 Å². The first-order valence-electron chi connectivity index (χ1n) is 13.5.